The largest absolute Gasteiger partial charge is 0.297 e. The van der Waals surface area contributed by atoms with E-state index in [9.17, 15) is 10.1 Å². The second-order valence-electron chi connectivity index (χ2n) is 4.89. The lowest BCUT2D eigenvalue weighted by molar-refractivity contribution is -0.117. The van der Waals surface area contributed by atoms with Crippen molar-refractivity contribution in [3.05, 3.63) is 53.4 Å². The lowest BCUT2D eigenvalue weighted by Crippen LogP contribution is -2.17. The first-order valence-electron chi connectivity index (χ1n) is 6.81. The van der Waals surface area contributed by atoms with E-state index in [0.29, 0.717) is 11.6 Å². The van der Waals surface area contributed by atoms with E-state index in [1.54, 1.807) is 12.4 Å². The number of rotatable bonds is 6. The van der Waals surface area contributed by atoms with Crippen LogP contribution < -0.4 is 0 Å². The maximum Gasteiger partial charge on any atom is 0.167 e. The molecule has 2 rings (SSSR count). The van der Waals surface area contributed by atoms with Crippen molar-refractivity contribution < 1.29 is 4.79 Å². The number of pyridine rings is 1. The van der Waals surface area contributed by atoms with Crippen molar-refractivity contribution >= 4 is 17.5 Å². The summed E-state index contributed by atoms with van der Waals surface area (Å²) in [6, 6.07) is 7.66. The van der Waals surface area contributed by atoms with Gasteiger partial charge in [0.15, 0.2) is 17.5 Å². The summed E-state index contributed by atoms with van der Waals surface area (Å²) in [4.78, 5) is 24.6. The molecule has 0 aliphatic rings. The molecule has 0 fully saturated rings. The van der Waals surface area contributed by atoms with Crippen molar-refractivity contribution in [2.24, 2.45) is 0 Å². The van der Waals surface area contributed by atoms with Crippen LogP contribution >= 0.6 is 11.8 Å². The average molecular weight is 312 g/mol. The van der Waals surface area contributed by atoms with Gasteiger partial charge in [-0.1, -0.05) is 0 Å². The standard InChI is InChI=1S/C16H16N4OS/c1-11-7-12(2)20-16(19-11)14(8-17)15(21)10-22-9-13-3-5-18-6-4-13/h3-7,14H,9-10H2,1-2H3/t14-/m0/s1. The quantitative estimate of drug-likeness (QED) is 0.815. The minimum Gasteiger partial charge on any atom is -0.297 e. The van der Waals surface area contributed by atoms with E-state index in [1.807, 2.05) is 38.1 Å². The molecule has 0 unspecified atom stereocenters. The highest BCUT2D eigenvalue weighted by Crippen LogP contribution is 2.18. The van der Waals surface area contributed by atoms with Crippen LogP contribution in [0.5, 0.6) is 0 Å². The van der Waals surface area contributed by atoms with Gasteiger partial charge in [-0.05, 0) is 37.6 Å². The van der Waals surface area contributed by atoms with Crippen LogP contribution in [0.4, 0.5) is 0 Å². The monoisotopic (exact) mass is 312 g/mol. The topological polar surface area (TPSA) is 79.5 Å². The van der Waals surface area contributed by atoms with Gasteiger partial charge in [0.1, 0.15) is 0 Å². The van der Waals surface area contributed by atoms with Gasteiger partial charge in [-0.3, -0.25) is 9.78 Å². The zero-order valence-corrected chi connectivity index (χ0v) is 13.3. The molecule has 0 amide bonds. The molecule has 0 aliphatic heterocycles. The first-order valence-corrected chi connectivity index (χ1v) is 7.97. The van der Waals surface area contributed by atoms with E-state index in [1.165, 1.54) is 11.8 Å². The Morgan fingerprint density at radius 3 is 2.50 bits per heavy atom. The van der Waals surface area contributed by atoms with E-state index >= 15 is 0 Å². The second kappa shape index (κ2) is 7.66. The molecule has 0 saturated carbocycles. The minimum absolute atomic E-state index is 0.161. The van der Waals surface area contributed by atoms with E-state index in [2.05, 4.69) is 15.0 Å². The Morgan fingerprint density at radius 2 is 1.91 bits per heavy atom. The number of aryl methyl sites for hydroxylation is 2. The third kappa shape index (κ3) is 4.37. The summed E-state index contributed by atoms with van der Waals surface area (Å²) in [7, 11) is 0. The van der Waals surface area contributed by atoms with Crippen LogP contribution in [-0.4, -0.2) is 26.5 Å². The van der Waals surface area contributed by atoms with Crippen molar-refractivity contribution in [1.82, 2.24) is 15.0 Å². The zero-order chi connectivity index (χ0) is 15.9. The summed E-state index contributed by atoms with van der Waals surface area (Å²) in [5.74, 6) is 0.210. The van der Waals surface area contributed by atoms with Gasteiger partial charge >= 0.3 is 0 Å². The second-order valence-corrected chi connectivity index (χ2v) is 5.87. The molecule has 0 bridgehead atoms. The molecule has 2 heterocycles. The number of carbonyl (C=O) groups is 1. The number of thioether (sulfide) groups is 1. The molecule has 0 aliphatic carbocycles. The van der Waals surface area contributed by atoms with Crippen molar-refractivity contribution in [2.45, 2.75) is 25.5 Å². The fraction of sp³-hybridized carbons (Fsp3) is 0.312. The first-order chi connectivity index (χ1) is 10.6. The minimum atomic E-state index is -0.899. The Hall–Kier alpha value is -2.26. The highest BCUT2D eigenvalue weighted by molar-refractivity contribution is 7.99. The number of nitriles is 1. The van der Waals surface area contributed by atoms with Gasteiger partial charge in [-0.15, -0.1) is 11.8 Å². The molecule has 0 saturated heterocycles. The van der Waals surface area contributed by atoms with Crippen LogP contribution in [0.25, 0.3) is 0 Å². The van der Waals surface area contributed by atoms with Crippen LogP contribution in [0.15, 0.2) is 30.6 Å². The molecule has 6 heteroatoms. The van der Waals surface area contributed by atoms with Gasteiger partial charge in [0.05, 0.1) is 11.8 Å². The molecule has 112 valence electrons. The Balaban J connectivity index is 1.99. The van der Waals surface area contributed by atoms with E-state index in [-0.39, 0.29) is 11.5 Å². The number of hydrogen-bond donors (Lipinski definition) is 0. The zero-order valence-electron chi connectivity index (χ0n) is 12.5. The molecule has 2 aromatic rings. The maximum atomic E-state index is 12.3. The molecular weight excluding hydrogens is 296 g/mol. The predicted octanol–water partition coefficient (Wildman–Crippen LogP) is 2.60. The number of carbonyl (C=O) groups excluding carboxylic acids is 1. The summed E-state index contributed by atoms with van der Waals surface area (Å²) in [6.45, 7) is 3.66. The highest BCUT2D eigenvalue weighted by Gasteiger charge is 2.23. The van der Waals surface area contributed by atoms with Crippen LogP contribution in [0.3, 0.4) is 0 Å². The maximum absolute atomic E-state index is 12.3. The Bertz CT molecular complexity index is 677. The molecule has 22 heavy (non-hydrogen) atoms. The van der Waals surface area contributed by atoms with E-state index < -0.39 is 5.92 Å². The Labute approximate surface area is 133 Å². The molecule has 0 N–H and O–H groups in total. The normalized spacial score (nSPS) is 11.7. The third-order valence-electron chi connectivity index (χ3n) is 2.97. The van der Waals surface area contributed by atoms with Gasteiger partial charge in [-0.25, -0.2) is 9.97 Å². The van der Waals surface area contributed by atoms with E-state index in [0.717, 1.165) is 17.0 Å². The molecule has 0 radical (unpaired) electrons. The summed E-state index contributed by atoms with van der Waals surface area (Å²) in [5, 5.41) is 9.28. The number of aromatic nitrogens is 3. The van der Waals surface area contributed by atoms with Gasteiger partial charge in [0.25, 0.3) is 0 Å². The van der Waals surface area contributed by atoms with Gasteiger partial charge in [0, 0.05) is 29.5 Å². The smallest absolute Gasteiger partial charge is 0.167 e. The van der Waals surface area contributed by atoms with Crippen LogP contribution in [0.2, 0.25) is 0 Å². The Kier molecular flexibility index (Phi) is 5.61. The Morgan fingerprint density at radius 1 is 1.27 bits per heavy atom. The average Bonchev–Trinajstić information content (AvgIpc) is 2.48. The highest BCUT2D eigenvalue weighted by atomic mass is 32.2. The SMILES string of the molecule is Cc1cc(C)nc([C@@H](C#N)C(=O)CSCc2ccncc2)n1. The molecule has 5 nitrogen and oxygen atoms in total. The predicted molar refractivity (Wildman–Crippen MR) is 85.3 cm³/mol. The van der Waals surface area contributed by atoms with Crippen molar-refractivity contribution in [1.29, 1.82) is 5.26 Å². The summed E-state index contributed by atoms with van der Waals surface area (Å²) in [6.07, 6.45) is 3.44. The molecular formula is C16H16N4OS. The molecule has 1 atom stereocenters. The van der Waals surface area contributed by atoms with Crippen molar-refractivity contribution in [2.75, 3.05) is 5.75 Å². The number of ketones is 1. The van der Waals surface area contributed by atoms with Crippen LogP contribution in [0.1, 0.15) is 28.7 Å². The first kappa shape index (κ1) is 16.1. The summed E-state index contributed by atoms with van der Waals surface area (Å²) >= 11 is 1.48. The van der Waals surface area contributed by atoms with Gasteiger partial charge in [0.2, 0.25) is 0 Å². The third-order valence-corrected chi connectivity index (χ3v) is 4.00. The molecule has 0 aromatic carbocycles. The fourth-order valence-electron chi connectivity index (χ4n) is 1.99. The lowest BCUT2D eigenvalue weighted by atomic mass is 10.1. The van der Waals surface area contributed by atoms with Gasteiger partial charge < -0.3 is 0 Å². The summed E-state index contributed by atoms with van der Waals surface area (Å²) in [5.41, 5.74) is 2.63. The van der Waals surface area contributed by atoms with Crippen molar-refractivity contribution in [3.63, 3.8) is 0 Å². The van der Waals surface area contributed by atoms with Gasteiger partial charge in [-0.2, -0.15) is 5.26 Å². The lowest BCUT2D eigenvalue weighted by Gasteiger charge is -2.08. The number of Topliss-reactive ketones (excluding diaryl/α,β-unsaturated/α-hetero) is 1. The van der Waals surface area contributed by atoms with Crippen LogP contribution in [0, 0.1) is 25.2 Å². The molecule has 0 spiro atoms. The van der Waals surface area contributed by atoms with Crippen molar-refractivity contribution in [3.8, 4) is 6.07 Å². The number of nitrogens with zero attached hydrogens (tertiary/aromatic N) is 4. The van der Waals surface area contributed by atoms with Crippen LogP contribution in [-0.2, 0) is 10.5 Å². The number of hydrogen-bond acceptors (Lipinski definition) is 6. The van der Waals surface area contributed by atoms with E-state index in [4.69, 9.17) is 0 Å². The fourth-order valence-corrected chi connectivity index (χ4v) is 2.89. The molecule has 2 aromatic heterocycles. The summed E-state index contributed by atoms with van der Waals surface area (Å²) < 4.78 is 0.